The normalized spacial score (nSPS) is 11.4. The Morgan fingerprint density at radius 3 is 2.19 bits per heavy atom. The van der Waals surface area contributed by atoms with Crippen LogP contribution >= 0.6 is 11.3 Å². The summed E-state index contributed by atoms with van der Waals surface area (Å²) in [5.74, 6) is 1.57. The van der Waals surface area contributed by atoms with Gasteiger partial charge >= 0.3 is 0 Å². The molecular formula is C24H20N2O5S. The molecule has 1 heterocycles. The number of hydrogen-bond donors (Lipinski definition) is 0. The fraction of sp³-hybridized carbons (Fsp3) is 0.125. The summed E-state index contributed by atoms with van der Waals surface area (Å²) in [6, 6.07) is 18.0. The van der Waals surface area contributed by atoms with Crippen molar-refractivity contribution >= 4 is 38.9 Å². The molecule has 0 saturated heterocycles. The number of non-ortho nitro benzene ring substituents is 1. The lowest BCUT2D eigenvalue weighted by molar-refractivity contribution is -0.384. The van der Waals surface area contributed by atoms with Crippen molar-refractivity contribution in [3.8, 4) is 17.2 Å². The van der Waals surface area contributed by atoms with Crippen LogP contribution in [0.3, 0.4) is 0 Å². The molecule has 0 N–H and O–H groups in total. The van der Waals surface area contributed by atoms with E-state index in [1.54, 1.807) is 44.8 Å². The average Bonchev–Trinajstić information content (AvgIpc) is 3.25. The van der Waals surface area contributed by atoms with Crippen molar-refractivity contribution in [3.63, 3.8) is 0 Å². The van der Waals surface area contributed by atoms with Gasteiger partial charge in [-0.15, -0.1) is 11.3 Å². The van der Waals surface area contributed by atoms with Crippen molar-refractivity contribution in [2.45, 2.75) is 0 Å². The number of benzene rings is 3. The van der Waals surface area contributed by atoms with E-state index in [2.05, 4.69) is 0 Å². The number of para-hydroxylation sites is 1. The largest absolute Gasteiger partial charge is 0.493 e. The second-order valence-electron chi connectivity index (χ2n) is 6.81. The maximum Gasteiger partial charge on any atom is 0.269 e. The van der Waals surface area contributed by atoms with E-state index in [9.17, 15) is 10.1 Å². The topological polar surface area (TPSA) is 83.7 Å². The maximum absolute atomic E-state index is 11.1. The van der Waals surface area contributed by atoms with Crippen molar-refractivity contribution in [1.82, 2.24) is 4.98 Å². The van der Waals surface area contributed by atoms with Gasteiger partial charge in [0, 0.05) is 17.7 Å². The molecule has 4 aromatic rings. The van der Waals surface area contributed by atoms with Gasteiger partial charge < -0.3 is 14.2 Å². The third-order valence-electron chi connectivity index (χ3n) is 4.91. The van der Waals surface area contributed by atoms with E-state index in [0.717, 1.165) is 31.9 Å². The number of ether oxygens (including phenoxy) is 3. The summed E-state index contributed by atoms with van der Waals surface area (Å²) in [5, 5.41) is 11.9. The minimum atomic E-state index is -0.413. The van der Waals surface area contributed by atoms with Gasteiger partial charge in [0.2, 0.25) is 5.75 Å². The second-order valence-corrected chi connectivity index (χ2v) is 7.84. The molecule has 0 radical (unpaired) electrons. The van der Waals surface area contributed by atoms with Crippen molar-refractivity contribution in [1.29, 1.82) is 0 Å². The van der Waals surface area contributed by atoms with Crippen molar-refractivity contribution in [2.75, 3.05) is 21.3 Å². The highest BCUT2D eigenvalue weighted by molar-refractivity contribution is 7.19. The molecule has 1 aromatic heterocycles. The molecule has 0 saturated carbocycles. The third kappa shape index (κ3) is 4.13. The van der Waals surface area contributed by atoms with Crippen molar-refractivity contribution < 1.29 is 19.1 Å². The SMILES string of the molecule is COc1cc(C=C(c2ccc([N+](=O)[O-])cc2)c2nc3ccccc3s2)cc(OC)c1OC. The molecule has 32 heavy (non-hydrogen) atoms. The van der Waals surface area contributed by atoms with Gasteiger partial charge in [-0.2, -0.15) is 0 Å². The Labute approximate surface area is 188 Å². The van der Waals surface area contributed by atoms with E-state index < -0.39 is 4.92 Å². The molecule has 0 aliphatic carbocycles. The van der Waals surface area contributed by atoms with Gasteiger partial charge in [-0.1, -0.05) is 12.1 Å². The average molecular weight is 449 g/mol. The van der Waals surface area contributed by atoms with Crippen LogP contribution in [0.1, 0.15) is 16.1 Å². The summed E-state index contributed by atoms with van der Waals surface area (Å²) >= 11 is 1.56. The zero-order valence-electron chi connectivity index (χ0n) is 17.7. The maximum atomic E-state index is 11.1. The molecule has 0 bridgehead atoms. The molecule has 162 valence electrons. The first kappa shape index (κ1) is 21.3. The number of rotatable bonds is 7. The van der Waals surface area contributed by atoms with Gasteiger partial charge in [0.1, 0.15) is 5.01 Å². The lowest BCUT2D eigenvalue weighted by Gasteiger charge is -2.13. The summed E-state index contributed by atoms with van der Waals surface area (Å²) < 4.78 is 17.4. The van der Waals surface area contributed by atoms with Crippen LogP contribution in [0.25, 0.3) is 21.9 Å². The summed E-state index contributed by atoms with van der Waals surface area (Å²) in [5.41, 5.74) is 3.38. The van der Waals surface area contributed by atoms with Crippen molar-refractivity contribution in [2.24, 2.45) is 0 Å². The van der Waals surface area contributed by atoms with Crippen LogP contribution in [0.2, 0.25) is 0 Å². The lowest BCUT2D eigenvalue weighted by atomic mass is 10.0. The molecule has 4 rings (SSSR count). The monoisotopic (exact) mass is 448 g/mol. The molecule has 0 aliphatic rings. The summed E-state index contributed by atoms with van der Waals surface area (Å²) in [4.78, 5) is 15.5. The van der Waals surface area contributed by atoms with Gasteiger partial charge in [0.15, 0.2) is 11.5 Å². The van der Waals surface area contributed by atoms with E-state index in [0.29, 0.717) is 17.2 Å². The van der Waals surface area contributed by atoms with Gasteiger partial charge in [-0.25, -0.2) is 4.98 Å². The summed E-state index contributed by atoms with van der Waals surface area (Å²) in [6.45, 7) is 0. The first-order chi connectivity index (χ1) is 15.5. The van der Waals surface area contributed by atoms with Crippen LogP contribution in [0, 0.1) is 10.1 Å². The predicted octanol–water partition coefficient (Wildman–Crippen LogP) is 5.82. The summed E-state index contributed by atoms with van der Waals surface area (Å²) in [6.07, 6.45) is 1.96. The van der Waals surface area contributed by atoms with E-state index >= 15 is 0 Å². The van der Waals surface area contributed by atoms with Crippen LogP contribution in [0.5, 0.6) is 17.2 Å². The molecule has 7 nitrogen and oxygen atoms in total. The smallest absolute Gasteiger partial charge is 0.269 e. The molecule has 0 spiro atoms. The number of methoxy groups -OCH3 is 3. The first-order valence-electron chi connectivity index (χ1n) is 9.66. The van der Waals surface area contributed by atoms with Gasteiger partial charge in [-0.05, 0) is 53.6 Å². The lowest BCUT2D eigenvalue weighted by Crippen LogP contribution is -1.96. The van der Waals surface area contributed by atoms with Crippen LogP contribution < -0.4 is 14.2 Å². The third-order valence-corrected chi connectivity index (χ3v) is 5.98. The van der Waals surface area contributed by atoms with E-state index in [1.165, 1.54) is 12.1 Å². The van der Waals surface area contributed by atoms with Gasteiger partial charge in [0.25, 0.3) is 5.69 Å². The summed E-state index contributed by atoms with van der Waals surface area (Å²) in [7, 11) is 4.68. The number of thiazole rings is 1. The Morgan fingerprint density at radius 1 is 0.969 bits per heavy atom. The Bertz CT molecular complexity index is 1250. The Balaban J connectivity index is 1.91. The molecular weight excluding hydrogens is 428 g/mol. The van der Waals surface area contributed by atoms with Gasteiger partial charge in [-0.3, -0.25) is 10.1 Å². The van der Waals surface area contributed by atoms with Crippen LogP contribution in [0.15, 0.2) is 60.7 Å². The standard InChI is InChI=1S/C24H20N2O5S/c1-29-20-13-15(14-21(30-2)23(20)31-3)12-18(16-8-10-17(11-9-16)26(27)28)24-25-19-6-4-5-7-22(19)32-24/h4-14H,1-3H3. The van der Waals surface area contributed by atoms with Crippen LogP contribution in [-0.4, -0.2) is 31.2 Å². The predicted molar refractivity (Wildman–Crippen MR) is 126 cm³/mol. The number of fused-ring (bicyclic) bond motifs is 1. The fourth-order valence-corrected chi connectivity index (χ4v) is 4.37. The highest BCUT2D eigenvalue weighted by Gasteiger charge is 2.16. The van der Waals surface area contributed by atoms with Gasteiger partial charge in [0.05, 0.1) is 36.5 Å². The minimum Gasteiger partial charge on any atom is -0.493 e. The fourth-order valence-electron chi connectivity index (χ4n) is 3.37. The number of nitrogens with zero attached hydrogens (tertiary/aromatic N) is 2. The molecule has 0 fully saturated rings. The number of aromatic nitrogens is 1. The number of nitro groups is 1. The van der Waals surface area contributed by atoms with Crippen LogP contribution in [-0.2, 0) is 0 Å². The quantitative estimate of drug-likeness (QED) is 0.201. The molecule has 0 amide bonds. The van der Waals surface area contributed by atoms with E-state index in [1.807, 2.05) is 42.5 Å². The minimum absolute atomic E-state index is 0.0326. The molecule has 0 aliphatic heterocycles. The first-order valence-corrected chi connectivity index (χ1v) is 10.5. The zero-order chi connectivity index (χ0) is 22.7. The van der Waals surface area contributed by atoms with Crippen molar-refractivity contribution in [3.05, 3.63) is 86.9 Å². The Hall–Kier alpha value is -3.91. The number of hydrogen-bond acceptors (Lipinski definition) is 7. The highest BCUT2D eigenvalue weighted by atomic mass is 32.1. The van der Waals surface area contributed by atoms with Crippen LogP contribution in [0.4, 0.5) is 5.69 Å². The highest BCUT2D eigenvalue weighted by Crippen LogP contribution is 2.40. The molecule has 8 heteroatoms. The van der Waals surface area contributed by atoms with E-state index in [-0.39, 0.29) is 5.69 Å². The zero-order valence-corrected chi connectivity index (χ0v) is 18.5. The molecule has 3 aromatic carbocycles. The Kier molecular flexibility index (Phi) is 6.04. The van der Waals surface area contributed by atoms with E-state index in [4.69, 9.17) is 19.2 Å². The molecule has 0 unspecified atom stereocenters. The second kappa shape index (κ2) is 9.07. The molecule has 0 atom stereocenters. The Morgan fingerprint density at radius 2 is 1.62 bits per heavy atom. The number of nitro benzene ring substituents is 1.